The van der Waals surface area contributed by atoms with Crippen LogP contribution in [-0.2, 0) is 9.53 Å². The van der Waals surface area contributed by atoms with Crippen LogP contribution in [0.2, 0.25) is 0 Å². The highest BCUT2D eigenvalue weighted by Crippen LogP contribution is 2.41. The summed E-state index contributed by atoms with van der Waals surface area (Å²) in [6.45, 7) is 1.71. The molecule has 3 rings (SSSR count). The van der Waals surface area contributed by atoms with Crippen molar-refractivity contribution < 1.29 is 14.3 Å². The van der Waals surface area contributed by atoms with Gasteiger partial charge in [0, 0.05) is 24.0 Å². The van der Waals surface area contributed by atoms with Crippen molar-refractivity contribution in [3.63, 3.8) is 0 Å². The van der Waals surface area contributed by atoms with E-state index >= 15 is 0 Å². The molecule has 1 aliphatic carbocycles. The van der Waals surface area contributed by atoms with Gasteiger partial charge in [-0.2, -0.15) is 0 Å². The number of nitrogens with one attached hydrogen (secondary N) is 1. The second-order valence-corrected chi connectivity index (χ2v) is 6.69. The van der Waals surface area contributed by atoms with E-state index in [1.807, 2.05) is 12.1 Å². The number of carbonyl (C=O) groups excluding carboxylic acids is 2. The third-order valence-corrected chi connectivity index (χ3v) is 4.63. The van der Waals surface area contributed by atoms with E-state index in [1.165, 1.54) is 18.9 Å². The first-order valence-electron chi connectivity index (χ1n) is 7.51. The molecule has 0 aromatic carbocycles. The number of nitrogens with zero attached hydrogens (tertiary/aromatic N) is 4. The fraction of sp³-hybridized carbons (Fsp3) is 0.400. The maximum absolute atomic E-state index is 12.0. The predicted molar refractivity (Wildman–Crippen MR) is 87.4 cm³/mol. The molecule has 0 unspecified atom stereocenters. The molecule has 2 amide bonds. The highest BCUT2D eigenvalue weighted by molar-refractivity contribution is 8.00. The minimum Gasteiger partial charge on any atom is -0.453 e. The number of pyridine rings is 1. The average Bonchev–Trinajstić information content (AvgIpc) is 3.35. The van der Waals surface area contributed by atoms with E-state index < -0.39 is 17.3 Å². The average molecular weight is 347 g/mol. The molecule has 0 bridgehead atoms. The summed E-state index contributed by atoms with van der Waals surface area (Å²) < 4.78 is 6.49. The first-order chi connectivity index (χ1) is 11.6. The van der Waals surface area contributed by atoms with Crippen molar-refractivity contribution in [2.75, 3.05) is 7.11 Å². The van der Waals surface area contributed by atoms with Crippen molar-refractivity contribution in [1.82, 2.24) is 25.1 Å². The van der Waals surface area contributed by atoms with E-state index in [4.69, 9.17) is 0 Å². The van der Waals surface area contributed by atoms with Gasteiger partial charge in [0.2, 0.25) is 5.91 Å². The van der Waals surface area contributed by atoms with Crippen molar-refractivity contribution in [3.8, 4) is 11.4 Å². The van der Waals surface area contributed by atoms with E-state index in [2.05, 4.69) is 29.8 Å². The van der Waals surface area contributed by atoms with Gasteiger partial charge in [-0.15, -0.1) is 10.2 Å². The van der Waals surface area contributed by atoms with Gasteiger partial charge in [-0.1, -0.05) is 11.8 Å². The molecular formula is C15H17N5O3S. The SMILES string of the molecule is COC(=O)NC(=O)[C@H](C)Sc1nnc(-c2ccncc2)n1C1CC1. The number of thioether (sulfide) groups is 1. The molecule has 0 radical (unpaired) electrons. The first kappa shape index (κ1) is 16.4. The van der Waals surface area contributed by atoms with Gasteiger partial charge < -0.3 is 4.74 Å². The largest absolute Gasteiger partial charge is 0.453 e. The highest BCUT2D eigenvalue weighted by Gasteiger charge is 2.31. The molecule has 2 heterocycles. The lowest BCUT2D eigenvalue weighted by molar-refractivity contribution is -0.119. The Labute approximate surface area is 143 Å². The van der Waals surface area contributed by atoms with Crippen LogP contribution in [0.15, 0.2) is 29.7 Å². The number of hydrogen-bond acceptors (Lipinski definition) is 7. The lowest BCUT2D eigenvalue weighted by Crippen LogP contribution is -2.36. The predicted octanol–water partition coefficient (Wildman–Crippen LogP) is 2.04. The van der Waals surface area contributed by atoms with E-state index in [1.54, 1.807) is 19.3 Å². The minimum absolute atomic E-state index is 0.349. The van der Waals surface area contributed by atoms with Gasteiger partial charge in [-0.3, -0.25) is 19.7 Å². The maximum atomic E-state index is 12.0. The molecule has 24 heavy (non-hydrogen) atoms. The Hall–Kier alpha value is -2.42. The van der Waals surface area contributed by atoms with Crippen LogP contribution >= 0.6 is 11.8 Å². The molecular weight excluding hydrogens is 330 g/mol. The van der Waals surface area contributed by atoms with Crippen LogP contribution in [0, 0.1) is 0 Å². The van der Waals surface area contributed by atoms with Gasteiger partial charge in [-0.25, -0.2) is 4.79 Å². The number of alkyl carbamates (subject to hydrolysis) is 1. The Bertz CT molecular complexity index is 745. The Morgan fingerprint density at radius 2 is 2.04 bits per heavy atom. The molecule has 0 spiro atoms. The van der Waals surface area contributed by atoms with Crippen LogP contribution in [0.5, 0.6) is 0 Å². The van der Waals surface area contributed by atoms with Gasteiger partial charge >= 0.3 is 6.09 Å². The summed E-state index contributed by atoms with van der Waals surface area (Å²) in [6, 6.07) is 4.11. The molecule has 1 aliphatic rings. The third-order valence-electron chi connectivity index (χ3n) is 3.58. The number of aromatic nitrogens is 4. The van der Waals surface area contributed by atoms with Crippen LogP contribution in [0.4, 0.5) is 4.79 Å². The summed E-state index contributed by atoms with van der Waals surface area (Å²) in [7, 11) is 1.21. The normalized spacial score (nSPS) is 14.9. The summed E-state index contributed by atoms with van der Waals surface area (Å²) in [5.41, 5.74) is 0.933. The highest BCUT2D eigenvalue weighted by atomic mass is 32.2. The van der Waals surface area contributed by atoms with Crippen LogP contribution < -0.4 is 5.32 Å². The smallest absolute Gasteiger partial charge is 0.413 e. The molecule has 126 valence electrons. The number of hydrogen-bond donors (Lipinski definition) is 1. The number of methoxy groups -OCH3 is 1. The zero-order valence-corrected chi connectivity index (χ0v) is 14.1. The van der Waals surface area contributed by atoms with Crippen LogP contribution in [0.3, 0.4) is 0 Å². The molecule has 9 heteroatoms. The number of ether oxygens (including phenoxy) is 1. The van der Waals surface area contributed by atoms with Crippen LogP contribution in [0.1, 0.15) is 25.8 Å². The molecule has 2 aromatic rings. The Morgan fingerprint density at radius 3 is 2.67 bits per heavy atom. The van der Waals surface area contributed by atoms with Gasteiger partial charge in [0.05, 0.1) is 12.4 Å². The Kier molecular flexibility index (Phi) is 4.79. The lowest BCUT2D eigenvalue weighted by Gasteiger charge is -2.12. The zero-order chi connectivity index (χ0) is 17.1. The number of carbonyl (C=O) groups is 2. The first-order valence-corrected chi connectivity index (χ1v) is 8.39. The zero-order valence-electron chi connectivity index (χ0n) is 13.3. The molecule has 1 saturated carbocycles. The lowest BCUT2D eigenvalue weighted by atomic mass is 10.2. The quantitative estimate of drug-likeness (QED) is 0.826. The van der Waals surface area contributed by atoms with Crippen molar-refractivity contribution in [3.05, 3.63) is 24.5 Å². The molecule has 0 aliphatic heterocycles. The van der Waals surface area contributed by atoms with Crippen LogP contribution in [-0.4, -0.2) is 44.1 Å². The van der Waals surface area contributed by atoms with Crippen molar-refractivity contribution in [1.29, 1.82) is 0 Å². The van der Waals surface area contributed by atoms with Gasteiger partial charge in [0.15, 0.2) is 11.0 Å². The summed E-state index contributed by atoms with van der Waals surface area (Å²) in [6.07, 6.45) is 4.77. The van der Waals surface area contributed by atoms with Crippen molar-refractivity contribution in [2.24, 2.45) is 0 Å². The molecule has 0 saturated heterocycles. The van der Waals surface area contributed by atoms with Gasteiger partial charge in [0.1, 0.15) is 0 Å². The molecule has 8 nitrogen and oxygen atoms in total. The number of amides is 2. The second kappa shape index (κ2) is 7.00. The Morgan fingerprint density at radius 1 is 1.33 bits per heavy atom. The van der Waals surface area contributed by atoms with E-state index in [9.17, 15) is 9.59 Å². The number of rotatable bonds is 5. The third kappa shape index (κ3) is 3.56. The second-order valence-electron chi connectivity index (χ2n) is 5.38. The fourth-order valence-electron chi connectivity index (χ4n) is 2.18. The summed E-state index contributed by atoms with van der Waals surface area (Å²) in [5.74, 6) is 0.339. The summed E-state index contributed by atoms with van der Waals surface area (Å²) >= 11 is 1.27. The van der Waals surface area contributed by atoms with E-state index in [-0.39, 0.29) is 0 Å². The monoisotopic (exact) mass is 347 g/mol. The van der Waals surface area contributed by atoms with Crippen LogP contribution in [0.25, 0.3) is 11.4 Å². The Balaban J connectivity index is 1.80. The maximum Gasteiger partial charge on any atom is 0.413 e. The minimum atomic E-state index is -0.770. The van der Waals surface area contributed by atoms with Gasteiger partial charge in [0.25, 0.3) is 0 Å². The molecule has 1 N–H and O–H groups in total. The summed E-state index contributed by atoms with van der Waals surface area (Å²) in [5, 5.41) is 10.8. The molecule has 1 atom stereocenters. The number of imide groups is 1. The topological polar surface area (TPSA) is 99.0 Å². The molecule has 1 fully saturated rings. The van der Waals surface area contributed by atoms with E-state index in [0.717, 1.165) is 24.2 Å². The van der Waals surface area contributed by atoms with E-state index in [0.29, 0.717) is 11.2 Å². The molecule has 2 aromatic heterocycles. The van der Waals surface area contributed by atoms with Crippen molar-refractivity contribution >= 4 is 23.8 Å². The van der Waals surface area contributed by atoms with Crippen molar-refractivity contribution in [2.45, 2.75) is 36.2 Å². The standard InChI is InChI=1S/C15H17N5O3S/c1-9(13(21)17-15(22)23-2)24-14-19-18-12(20(14)11-3-4-11)10-5-7-16-8-6-10/h5-9,11H,3-4H2,1-2H3,(H,17,21,22)/t9-/m0/s1. The summed E-state index contributed by atoms with van der Waals surface area (Å²) in [4.78, 5) is 27.2. The fourth-order valence-corrected chi connectivity index (χ4v) is 3.10. The van der Waals surface area contributed by atoms with Gasteiger partial charge in [-0.05, 0) is 31.9 Å².